The SMILES string of the molecule is CC1CCC(NCCSc2ccc(C(F)(F)F)cn2)CC1. The summed E-state index contributed by atoms with van der Waals surface area (Å²) < 4.78 is 37.2. The van der Waals surface area contributed by atoms with Crippen LogP contribution in [0, 0.1) is 5.92 Å². The van der Waals surface area contributed by atoms with E-state index in [0.717, 1.165) is 30.5 Å². The molecule has 0 aliphatic heterocycles. The van der Waals surface area contributed by atoms with E-state index in [9.17, 15) is 13.2 Å². The van der Waals surface area contributed by atoms with Gasteiger partial charge in [0.2, 0.25) is 0 Å². The molecule has 2 rings (SSSR count). The lowest BCUT2D eigenvalue weighted by Crippen LogP contribution is -2.34. The Morgan fingerprint density at radius 2 is 1.95 bits per heavy atom. The van der Waals surface area contributed by atoms with E-state index < -0.39 is 11.7 Å². The average molecular weight is 318 g/mol. The van der Waals surface area contributed by atoms with E-state index in [1.807, 2.05) is 0 Å². The standard InChI is InChI=1S/C15H21F3N2S/c1-11-2-5-13(6-3-11)19-8-9-21-14-7-4-12(10-20-14)15(16,17)18/h4,7,10-11,13,19H,2-3,5-6,8-9H2,1H3. The maximum Gasteiger partial charge on any atom is 0.417 e. The lowest BCUT2D eigenvalue weighted by molar-refractivity contribution is -0.137. The molecule has 1 aromatic heterocycles. The summed E-state index contributed by atoms with van der Waals surface area (Å²) in [7, 11) is 0. The van der Waals surface area contributed by atoms with E-state index in [2.05, 4.69) is 17.2 Å². The molecule has 2 nitrogen and oxygen atoms in total. The number of pyridine rings is 1. The van der Waals surface area contributed by atoms with Crippen molar-refractivity contribution < 1.29 is 13.2 Å². The van der Waals surface area contributed by atoms with Crippen molar-refractivity contribution >= 4 is 11.8 Å². The first-order valence-electron chi connectivity index (χ1n) is 7.34. The molecule has 1 heterocycles. The van der Waals surface area contributed by atoms with Crippen LogP contribution in [0.4, 0.5) is 13.2 Å². The number of rotatable bonds is 5. The molecule has 1 aliphatic rings. The first-order chi connectivity index (χ1) is 9.95. The van der Waals surface area contributed by atoms with Gasteiger partial charge in [-0.25, -0.2) is 4.98 Å². The molecule has 0 spiro atoms. The van der Waals surface area contributed by atoms with Gasteiger partial charge in [0.15, 0.2) is 0 Å². The third-order valence-corrected chi connectivity index (χ3v) is 4.81. The number of hydrogen-bond donors (Lipinski definition) is 1. The van der Waals surface area contributed by atoms with Crippen LogP contribution in [-0.4, -0.2) is 23.3 Å². The molecule has 1 aromatic rings. The van der Waals surface area contributed by atoms with Gasteiger partial charge in [0, 0.05) is 24.5 Å². The van der Waals surface area contributed by atoms with Crippen LogP contribution in [0.2, 0.25) is 0 Å². The fourth-order valence-corrected chi connectivity index (χ4v) is 3.24. The molecule has 0 aromatic carbocycles. The molecular weight excluding hydrogens is 297 g/mol. The predicted molar refractivity (Wildman–Crippen MR) is 79.4 cm³/mol. The van der Waals surface area contributed by atoms with Gasteiger partial charge >= 0.3 is 6.18 Å². The molecule has 0 atom stereocenters. The second kappa shape index (κ2) is 7.49. The molecule has 6 heteroatoms. The highest BCUT2D eigenvalue weighted by molar-refractivity contribution is 7.99. The summed E-state index contributed by atoms with van der Waals surface area (Å²) in [6, 6.07) is 3.13. The highest BCUT2D eigenvalue weighted by Crippen LogP contribution is 2.29. The number of aromatic nitrogens is 1. The molecule has 1 aliphatic carbocycles. The van der Waals surface area contributed by atoms with Crippen LogP contribution >= 0.6 is 11.8 Å². The molecular formula is C15H21F3N2S. The zero-order chi connectivity index (χ0) is 15.3. The minimum atomic E-state index is -4.31. The van der Waals surface area contributed by atoms with Crippen LogP contribution in [0.1, 0.15) is 38.2 Å². The average Bonchev–Trinajstić information content (AvgIpc) is 2.45. The second-order valence-corrected chi connectivity index (χ2v) is 6.76. The Labute approximate surface area is 127 Å². The minimum absolute atomic E-state index is 0.599. The number of alkyl halides is 3. The van der Waals surface area contributed by atoms with Gasteiger partial charge in [-0.3, -0.25) is 0 Å². The third kappa shape index (κ3) is 5.51. The second-order valence-electron chi connectivity index (χ2n) is 5.64. The Morgan fingerprint density at radius 3 is 2.52 bits per heavy atom. The van der Waals surface area contributed by atoms with Crippen molar-refractivity contribution in [2.45, 2.75) is 49.9 Å². The monoisotopic (exact) mass is 318 g/mol. The fraction of sp³-hybridized carbons (Fsp3) is 0.667. The Bertz CT molecular complexity index is 426. The summed E-state index contributed by atoms with van der Waals surface area (Å²) in [6.45, 7) is 3.16. The molecule has 0 saturated heterocycles. The minimum Gasteiger partial charge on any atom is -0.313 e. The van der Waals surface area contributed by atoms with E-state index in [4.69, 9.17) is 0 Å². The number of thioether (sulfide) groups is 1. The lowest BCUT2D eigenvalue weighted by Gasteiger charge is -2.26. The summed E-state index contributed by atoms with van der Waals surface area (Å²) in [5, 5.41) is 4.16. The molecule has 21 heavy (non-hydrogen) atoms. The van der Waals surface area contributed by atoms with Gasteiger partial charge in [0.1, 0.15) is 0 Å². The fourth-order valence-electron chi connectivity index (χ4n) is 2.52. The smallest absolute Gasteiger partial charge is 0.313 e. The van der Waals surface area contributed by atoms with E-state index in [0.29, 0.717) is 11.1 Å². The molecule has 1 N–H and O–H groups in total. The van der Waals surface area contributed by atoms with E-state index in [-0.39, 0.29) is 0 Å². The maximum atomic E-state index is 12.4. The summed E-state index contributed by atoms with van der Waals surface area (Å²) >= 11 is 1.49. The molecule has 1 fully saturated rings. The van der Waals surface area contributed by atoms with Crippen molar-refractivity contribution in [1.29, 1.82) is 0 Å². The topological polar surface area (TPSA) is 24.9 Å². The molecule has 0 amide bonds. The van der Waals surface area contributed by atoms with Gasteiger partial charge in [0.05, 0.1) is 10.6 Å². The maximum absolute atomic E-state index is 12.4. The Kier molecular flexibility index (Phi) is 5.93. The van der Waals surface area contributed by atoms with Crippen LogP contribution in [0.3, 0.4) is 0 Å². The zero-order valence-corrected chi connectivity index (χ0v) is 12.9. The summed E-state index contributed by atoms with van der Waals surface area (Å²) in [5.74, 6) is 1.67. The molecule has 0 radical (unpaired) electrons. The first-order valence-corrected chi connectivity index (χ1v) is 8.33. The molecule has 118 valence electrons. The number of nitrogens with one attached hydrogen (secondary N) is 1. The summed E-state index contributed by atoms with van der Waals surface area (Å²) in [5.41, 5.74) is -0.693. The zero-order valence-electron chi connectivity index (χ0n) is 12.1. The Morgan fingerprint density at radius 1 is 1.24 bits per heavy atom. The van der Waals surface area contributed by atoms with Crippen molar-refractivity contribution in [2.24, 2.45) is 5.92 Å². The van der Waals surface area contributed by atoms with E-state index in [1.165, 1.54) is 43.5 Å². The van der Waals surface area contributed by atoms with Gasteiger partial charge < -0.3 is 5.32 Å². The predicted octanol–water partition coefficient (Wildman–Crippen LogP) is 4.36. The van der Waals surface area contributed by atoms with Crippen LogP contribution in [0.15, 0.2) is 23.4 Å². The van der Waals surface area contributed by atoms with Crippen molar-refractivity contribution in [3.63, 3.8) is 0 Å². The highest BCUT2D eigenvalue weighted by Gasteiger charge is 2.30. The lowest BCUT2D eigenvalue weighted by atomic mass is 9.87. The van der Waals surface area contributed by atoms with E-state index in [1.54, 1.807) is 0 Å². The highest BCUT2D eigenvalue weighted by atomic mass is 32.2. The van der Waals surface area contributed by atoms with Crippen LogP contribution in [0.5, 0.6) is 0 Å². The molecule has 0 bridgehead atoms. The number of nitrogens with zero attached hydrogens (tertiary/aromatic N) is 1. The molecule has 1 saturated carbocycles. The third-order valence-electron chi connectivity index (χ3n) is 3.86. The Hall–Kier alpha value is -0.750. The van der Waals surface area contributed by atoms with Crippen molar-refractivity contribution in [1.82, 2.24) is 10.3 Å². The van der Waals surface area contributed by atoms with E-state index >= 15 is 0 Å². The van der Waals surface area contributed by atoms with Crippen LogP contribution in [0.25, 0.3) is 0 Å². The number of hydrogen-bond acceptors (Lipinski definition) is 3. The molecule has 0 unspecified atom stereocenters. The summed E-state index contributed by atoms with van der Waals surface area (Å²) in [4.78, 5) is 3.85. The van der Waals surface area contributed by atoms with Crippen molar-refractivity contribution in [3.8, 4) is 0 Å². The van der Waals surface area contributed by atoms with Gasteiger partial charge in [-0.05, 0) is 43.7 Å². The quantitative estimate of drug-likeness (QED) is 0.645. The van der Waals surface area contributed by atoms with Gasteiger partial charge in [-0.2, -0.15) is 13.2 Å². The van der Waals surface area contributed by atoms with Crippen molar-refractivity contribution in [2.75, 3.05) is 12.3 Å². The van der Waals surface area contributed by atoms with Crippen LogP contribution in [-0.2, 0) is 6.18 Å². The van der Waals surface area contributed by atoms with Gasteiger partial charge in [0.25, 0.3) is 0 Å². The van der Waals surface area contributed by atoms with Gasteiger partial charge in [-0.1, -0.05) is 6.92 Å². The Balaban J connectivity index is 1.67. The van der Waals surface area contributed by atoms with Gasteiger partial charge in [-0.15, -0.1) is 11.8 Å². The summed E-state index contributed by atoms with van der Waals surface area (Å²) in [6.07, 6.45) is 1.61. The van der Waals surface area contributed by atoms with Crippen LogP contribution < -0.4 is 5.32 Å². The normalized spacial score (nSPS) is 23.2. The largest absolute Gasteiger partial charge is 0.417 e. The van der Waals surface area contributed by atoms with Crippen molar-refractivity contribution in [3.05, 3.63) is 23.9 Å². The first kappa shape index (κ1) is 16.6. The number of halogens is 3.